The van der Waals surface area contributed by atoms with Gasteiger partial charge >= 0.3 is 6.03 Å². The highest BCUT2D eigenvalue weighted by molar-refractivity contribution is 5.74. The molecule has 0 aliphatic rings. The van der Waals surface area contributed by atoms with E-state index in [0.717, 1.165) is 5.56 Å². The molecule has 1 aromatic carbocycles. The van der Waals surface area contributed by atoms with Crippen LogP contribution in [0.3, 0.4) is 0 Å². The second-order valence-electron chi connectivity index (χ2n) is 5.69. The maximum atomic E-state index is 12.4. The van der Waals surface area contributed by atoms with Crippen LogP contribution < -0.4 is 5.32 Å². The number of aliphatic hydroxyl groups is 1. The van der Waals surface area contributed by atoms with E-state index in [0.29, 0.717) is 13.2 Å². The first-order valence-corrected chi connectivity index (χ1v) is 7.19. The van der Waals surface area contributed by atoms with Crippen molar-refractivity contribution in [3.05, 3.63) is 35.9 Å². The van der Waals surface area contributed by atoms with Crippen molar-refractivity contribution in [2.24, 2.45) is 0 Å². The second kappa shape index (κ2) is 8.00. The number of carbonyl (C=O) groups excluding carboxylic acids is 1. The molecule has 0 aliphatic heterocycles. The van der Waals surface area contributed by atoms with Crippen molar-refractivity contribution >= 4 is 6.03 Å². The van der Waals surface area contributed by atoms with Gasteiger partial charge in [-0.2, -0.15) is 0 Å². The second-order valence-corrected chi connectivity index (χ2v) is 5.69. The molecule has 0 saturated carbocycles. The summed E-state index contributed by atoms with van der Waals surface area (Å²) in [5.74, 6) is 0. The van der Waals surface area contributed by atoms with Gasteiger partial charge in [-0.15, -0.1) is 0 Å². The minimum Gasteiger partial charge on any atom is -0.389 e. The fraction of sp³-hybridized carbons (Fsp3) is 0.562. The molecule has 0 radical (unpaired) electrons. The van der Waals surface area contributed by atoms with Gasteiger partial charge in [0, 0.05) is 13.7 Å². The van der Waals surface area contributed by atoms with E-state index in [-0.39, 0.29) is 18.6 Å². The zero-order valence-electron chi connectivity index (χ0n) is 13.3. The van der Waals surface area contributed by atoms with E-state index >= 15 is 0 Å². The number of hydrogen-bond donors (Lipinski definition) is 2. The van der Waals surface area contributed by atoms with Gasteiger partial charge in [0.25, 0.3) is 0 Å². The summed E-state index contributed by atoms with van der Waals surface area (Å²) < 4.78 is 5.19. The van der Waals surface area contributed by atoms with E-state index in [1.54, 1.807) is 25.9 Å². The summed E-state index contributed by atoms with van der Waals surface area (Å²) in [5, 5.41) is 12.8. The molecule has 0 aromatic heterocycles. The maximum absolute atomic E-state index is 12.4. The molecule has 0 spiro atoms. The SMILES string of the molecule is CCN(CC(C)(C)O)C(=O)NC(COC)c1ccccc1. The molecule has 5 nitrogen and oxygen atoms in total. The van der Waals surface area contributed by atoms with Gasteiger partial charge in [-0.05, 0) is 26.3 Å². The van der Waals surface area contributed by atoms with Crippen LogP contribution in [0.2, 0.25) is 0 Å². The number of amides is 2. The van der Waals surface area contributed by atoms with Crippen molar-refractivity contribution in [2.45, 2.75) is 32.4 Å². The van der Waals surface area contributed by atoms with Crippen LogP contribution in [0.4, 0.5) is 4.79 Å². The number of carbonyl (C=O) groups is 1. The van der Waals surface area contributed by atoms with Crippen LogP contribution in [0.1, 0.15) is 32.4 Å². The summed E-state index contributed by atoms with van der Waals surface area (Å²) in [6.07, 6.45) is 0. The summed E-state index contributed by atoms with van der Waals surface area (Å²) in [6.45, 7) is 6.47. The third-order valence-electron chi connectivity index (χ3n) is 3.08. The Hall–Kier alpha value is -1.59. The standard InChI is InChI=1S/C16H26N2O3/c1-5-18(12-16(2,3)20)15(19)17-14(11-21-4)13-9-7-6-8-10-13/h6-10,14,20H,5,11-12H2,1-4H3,(H,17,19). The molecule has 0 bridgehead atoms. The third kappa shape index (κ3) is 6.14. The van der Waals surface area contributed by atoms with Crippen molar-refractivity contribution in [2.75, 3.05) is 26.8 Å². The lowest BCUT2D eigenvalue weighted by Gasteiger charge is -2.30. The normalized spacial score (nSPS) is 12.8. The van der Waals surface area contributed by atoms with E-state index in [1.165, 1.54) is 0 Å². The van der Waals surface area contributed by atoms with Crippen molar-refractivity contribution in [1.29, 1.82) is 0 Å². The molecule has 2 amide bonds. The van der Waals surface area contributed by atoms with Gasteiger partial charge in [-0.25, -0.2) is 4.79 Å². The topological polar surface area (TPSA) is 61.8 Å². The summed E-state index contributed by atoms with van der Waals surface area (Å²) in [4.78, 5) is 13.9. The van der Waals surface area contributed by atoms with Crippen molar-refractivity contribution in [1.82, 2.24) is 10.2 Å². The predicted molar refractivity (Wildman–Crippen MR) is 83.1 cm³/mol. The Morgan fingerprint density at radius 2 is 2.00 bits per heavy atom. The van der Waals surface area contributed by atoms with E-state index in [2.05, 4.69) is 5.32 Å². The molecular formula is C16H26N2O3. The molecule has 0 fully saturated rings. The van der Waals surface area contributed by atoms with E-state index < -0.39 is 5.60 Å². The highest BCUT2D eigenvalue weighted by Gasteiger charge is 2.23. The first-order chi connectivity index (χ1) is 9.87. The molecule has 0 saturated heterocycles. The van der Waals surface area contributed by atoms with Gasteiger partial charge in [0.05, 0.1) is 24.8 Å². The van der Waals surface area contributed by atoms with Gasteiger partial charge in [-0.1, -0.05) is 30.3 Å². The Bertz CT molecular complexity index is 429. The van der Waals surface area contributed by atoms with Gasteiger partial charge in [0.1, 0.15) is 0 Å². The number of likely N-dealkylation sites (N-methyl/N-ethyl adjacent to an activating group) is 1. The van der Waals surface area contributed by atoms with E-state index in [1.807, 2.05) is 37.3 Å². The lowest BCUT2D eigenvalue weighted by Crippen LogP contribution is -2.48. The van der Waals surface area contributed by atoms with Gasteiger partial charge in [-0.3, -0.25) is 0 Å². The fourth-order valence-electron chi connectivity index (χ4n) is 2.11. The van der Waals surface area contributed by atoms with Gasteiger partial charge in [0.15, 0.2) is 0 Å². The molecule has 5 heteroatoms. The van der Waals surface area contributed by atoms with Crippen LogP contribution in [0.25, 0.3) is 0 Å². The molecule has 1 unspecified atom stereocenters. The number of benzene rings is 1. The Morgan fingerprint density at radius 3 is 2.48 bits per heavy atom. The smallest absolute Gasteiger partial charge is 0.318 e. The Kier molecular flexibility index (Phi) is 6.65. The molecule has 118 valence electrons. The monoisotopic (exact) mass is 294 g/mol. The van der Waals surface area contributed by atoms with Gasteiger partial charge in [0.2, 0.25) is 0 Å². The minimum absolute atomic E-state index is 0.203. The summed E-state index contributed by atoms with van der Waals surface area (Å²) >= 11 is 0. The van der Waals surface area contributed by atoms with Crippen LogP contribution >= 0.6 is 0 Å². The number of rotatable bonds is 7. The van der Waals surface area contributed by atoms with Crippen LogP contribution in [0, 0.1) is 0 Å². The molecule has 21 heavy (non-hydrogen) atoms. The van der Waals surface area contributed by atoms with Crippen LogP contribution in [-0.2, 0) is 4.74 Å². The summed E-state index contributed by atoms with van der Waals surface area (Å²) in [6, 6.07) is 9.29. The lowest BCUT2D eigenvalue weighted by atomic mass is 10.1. The third-order valence-corrected chi connectivity index (χ3v) is 3.08. The summed E-state index contributed by atoms with van der Waals surface area (Å²) in [7, 11) is 1.61. The average molecular weight is 294 g/mol. The van der Waals surface area contributed by atoms with Crippen molar-refractivity contribution in [3.63, 3.8) is 0 Å². The zero-order valence-corrected chi connectivity index (χ0v) is 13.3. The average Bonchev–Trinajstić information content (AvgIpc) is 2.44. The largest absolute Gasteiger partial charge is 0.389 e. The van der Waals surface area contributed by atoms with E-state index in [9.17, 15) is 9.90 Å². The Morgan fingerprint density at radius 1 is 1.38 bits per heavy atom. The van der Waals surface area contributed by atoms with Crippen molar-refractivity contribution in [3.8, 4) is 0 Å². The van der Waals surface area contributed by atoms with Crippen molar-refractivity contribution < 1.29 is 14.6 Å². The quantitative estimate of drug-likeness (QED) is 0.810. The first kappa shape index (κ1) is 17.5. The molecule has 1 aromatic rings. The van der Waals surface area contributed by atoms with Crippen LogP contribution in [0.5, 0.6) is 0 Å². The molecule has 1 rings (SSSR count). The first-order valence-electron chi connectivity index (χ1n) is 7.19. The van der Waals surface area contributed by atoms with Crippen LogP contribution in [-0.4, -0.2) is 48.4 Å². The lowest BCUT2D eigenvalue weighted by molar-refractivity contribution is 0.0468. The number of urea groups is 1. The number of methoxy groups -OCH3 is 1. The van der Waals surface area contributed by atoms with Gasteiger partial charge < -0.3 is 20.1 Å². The molecule has 0 heterocycles. The highest BCUT2D eigenvalue weighted by atomic mass is 16.5. The number of nitrogens with zero attached hydrogens (tertiary/aromatic N) is 1. The molecular weight excluding hydrogens is 268 g/mol. The fourth-order valence-corrected chi connectivity index (χ4v) is 2.11. The zero-order chi connectivity index (χ0) is 15.9. The van der Waals surface area contributed by atoms with Crippen LogP contribution in [0.15, 0.2) is 30.3 Å². The Balaban J connectivity index is 2.76. The molecule has 0 aliphatic carbocycles. The summed E-state index contributed by atoms with van der Waals surface area (Å²) in [5.41, 5.74) is 0.0728. The minimum atomic E-state index is -0.920. The molecule has 2 N–H and O–H groups in total. The number of ether oxygens (including phenoxy) is 1. The maximum Gasteiger partial charge on any atom is 0.318 e. The molecule has 1 atom stereocenters. The highest BCUT2D eigenvalue weighted by Crippen LogP contribution is 2.14. The predicted octanol–water partition coefficient (Wildman–Crippen LogP) is 2.18. The Labute approximate surface area is 126 Å². The van der Waals surface area contributed by atoms with E-state index in [4.69, 9.17) is 4.74 Å². The number of hydrogen-bond acceptors (Lipinski definition) is 3. The number of nitrogens with one attached hydrogen (secondary N) is 1.